The van der Waals surface area contributed by atoms with Crippen molar-refractivity contribution < 1.29 is 8.91 Å². The molecular weight excluding hydrogens is 269 g/mol. The first-order valence-electron chi connectivity index (χ1n) is 7.63. The zero-order chi connectivity index (χ0) is 14.3. The topological polar surface area (TPSA) is 42.2 Å². The standard InChI is InChI=1S/C16H18FN3O/c17-13-6-4-12(5-7-13)16(8-9-16)14-18-15(21-19-14)20-10-2-1-3-11-20/h4-7H,1-3,8-11H2. The zero-order valence-electron chi connectivity index (χ0n) is 11.9. The van der Waals surface area contributed by atoms with Crippen LogP contribution in [0.4, 0.5) is 10.4 Å². The van der Waals surface area contributed by atoms with E-state index in [0.717, 1.165) is 37.3 Å². The third-order valence-electron chi connectivity index (χ3n) is 4.62. The summed E-state index contributed by atoms with van der Waals surface area (Å²) in [5.41, 5.74) is 0.917. The van der Waals surface area contributed by atoms with Crippen molar-refractivity contribution in [3.05, 3.63) is 41.5 Å². The van der Waals surface area contributed by atoms with Crippen molar-refractivity contribution in [2.24, 2.45) is 0 Å². The van der Waals surface area contributed by atoms with E-state index in [0.29, 0.717) is 6.01 Å². The maximum Gasteiger partial charge on any atom is 0.324 e. The molecule has 0 radical (unpaired) electrons. The molecule has 2 aromatic rings. The van der Waals surface area contributed by atoms with E-state index in [1.54, 1.807) is 0 Å². The number of aromatic nitrogens is 2. The summed E-state index contributed by atoms with van der Waals surface area (Å²) in [6.07, 6.45) is 5.63. The lowest BCUT2D eigenvalue weighted by Crippen LogP contribution is -2.29. The molecule has 110 valence electrons. The van der Waals surface area contributed by atoms with Gasteiger partial charge in [0.25, 0.3) is 0 Å². The first kappa shape index (κ1) is 12.8. The van der Waals surface area contributed by atoms with Gasteiger partial charge in [-0.1, -0.05) is 17.3 Å². The highest BCUT2D eigenvalue weighted by atomic mass is 19.1. The molecule has 4 nitrogen and oxygen atoms in total. The molecular formula is C16H18FN3O. The Morgan fingerprint density at radius 1 is 1.05 bits per heavy atom. The van der Waals surface area contributed by atoms with E-state index < -0.39 is 0 Å². The SMILES string of the molecule is Fc1ccc(C2(c3noc(N4CCCCC4)n3)CC2)cc1. The van der Waals surface area contributed by atoms with Crippen molar-refractivity contribution in [3.8, 4) is 0 Å². The van der Waals surface area contributed by atoms with E-state index in [9.17, 15) is 4.39 Å². The number of nitrogens with zero attached hydrogens (tertiary/aromatic N) is 3. The number of hydrogen-bond donors (Lipinski definition) is 0. The fourth-order valence-electron chi connectivity index (χ4n) is 3.16. The van der Waals surface area contributed by atoms with Crippen molar-refractivity contribution in [1.82, 2.24) is 10.1 Å². The summed E-state index contributed by atoms with van der Waals surface area (Å²) in [5, 5.41) is 4.20. The molecule has 0 unspecified atom stereocenters. The molecule has 1 saturated carbocycles. The van der Waals surface area contributed by atoms with E-state index >= 15 is 0 Å². The Hall–Kier alpha value is -1.91. The molecule has 4 rings (SSSR count). The number of piperidine rings is 1. The van der Waals surface area contributed by atoms with Gasteiger partial charge >= 0.3 is 6.01 Å². The first-order chi connectivity index (χ1) is 10.3. The zero-order valence-corrected chi connectivity index (χ0v) is 11.9. The second-order valence-electron chi connectivity index (χ2n) is 6.04. The number of halogens is 1. The molecule has 1 aromatic heterocycles. The van der Waals surface area contributed by atoms with Crippen LogP contribution in [0.5, 0.6) is 0 Å². The predicted molar refractivity (Wildman–Crippen MR) is 76.8 cm³/mol. The van der Waals surface area contributed by atoms with Gasteiger partial charge in [0.2, 0.25) is 0 Å². The first-order valence-corrected chi connectivity index (χ1v) is 7.63. The molecule has 0 spiro atoms. The average Bonchev–Trinajstić information content (AvgIpc) is 3.19. The van der Waals surface area contributed by atoms with Crippen molar-refractivity contribution in [2.75, 3.05) is 18.0 Å². The third kappa shape index (κ3) is 2.20. The Kier molecular flexibility index (Phi) is 2.94. The Balaban J connectivity index is 1.61. The van der Waals surface area contributed by atoms with Crippen LogP contribution in [0.15, 0.2) is 28.8 Å². The van der Waals surface area contributed by atoms with Crippen LogP contribution >= 0.6 is 0 Å². The van der Waals surface area contributed by atoms with Crippen LogP contribution < -0.4 is 4.90 Å². The molecule has 21 heavy (non-hydrogen) atoms. The molecule has 1 saturated heterocycles. The van der Waals surface area contributed by atoms with Crippen LogP contribution in [0.3, 0.4) is 0 Å². The maximum absolute atomic E-state index is 13.1. The van der Waals surface area contributed by atoms with Gasteiger partial charge in [0.15, 0.2) is 5.82 Å². The maximum atomic E-state index is 13.1. The van der Waals surface area contributed by atoms with E-state index in [1.165, 1.54) is 31.4 Å². The lowest BCUT2D eigenvalue weighted by atomic mass is 9.95. The van der Waals surface area contributed by atoms with Crippen molar-refractivity contribution in [1.29, 1.82) is 0 Å². The van der Waals surface area contributed by atoms with Crippen molar-refractivity contribution >= 4 is 6.01 Å². The van der Waals surface area contributed by atoms with Crippen LogP contribution in [0.25, 0.3) is 0 Å². The summed E-state index contributed by atoms with van der Waals surface area (Å²) in [6, 6.07) is 7.30. The Morgan fingerprint density at radius 2 is 1.76 bits per heavy atom. The molecule has 2 fully saturated rings. The number of rotatable bonds is 3. The van der Waals surface area contributed by atoms with Crippen molar-refractivity contribution in [2.45, 2.75) is 37.5 Å². The molecule has 2 heterocycles. The molecule has 0 amide bonds. The van der Waals surface area contributed by atoms with Gasteiger partial charge in [-0.15, -0.1) is 0 Å². The van der Waals surface area contributed by atoms with Gasteiger partial charge in [-0.3, -0.25) is 0 Å². The Labute approximate surface area is 123 Å². The van der Waals surface area contributed by atoms with Gasteiger partial charge in [0.1, 0.15) is 5.82 Å². The van der Waals surface area contributed by atoms with Crippen LogP contribution in [0, 0.1) is 5.82 Å². The third-order valence-corrected chi connectivity index (χ3v) is 4.62. The highest BCUT2D eigenvalue weighted by molar-refractivity contribution is 5.40. The summed E-state index contributed by atoms with van der Waals surface area (Å²) < 4.78 is 18.6. The Bertz CT molecular complexity index is 627. The predicted octanol–water partition coefficient (Wildman–Crippen LogP) is 3.28. The number of anilines is 1. The van der Waals surface area contributed by atoms with Crippen LogP contribution in [0.1, 0.15) is 43.5 Å². The van der Waals surface area contributed by atoms with E-state index in [-0.39, 0.29) is 11.2 Å². The summed E-state index contributed by atoms with van der Waals surface area (Å²) in [6.45, 7) is 1.98. The monoisotopic (exact) mass is 287 g/mol. The van der Waals surface area contributed by atoms with E-state index in [1.807, 2.05) is 12.1 Å². The molecule has 5 heteroatoms. The van der Waals surface area contributed by atoms with Gasteiger partial charge < -0.3 is 9.42 Å². The largest absolute Gasteiger partial charge is 0.324 e. The fraction of sp³-hybridized carbons (Fsp3) is 0.500. The second kappa shape index (κ2) is 4.83. The molecule has 0 atom stereocenters. The summed E-state index contributed by atoms with van der Waals surface area (Å²) >= 11 is 0. The molecule has 0 bridgehead atoms. The molecule has 1 aliphatic carbocycles. The molecule has 1 aliphatic heterocycles. The van der Waals surface area contributed by atoms with E-state index in [4.69, 9.17) is 4.52 Å². The quantitative estimate of drug-likeness (QED) is 0.869. The molecule has 1 aromatic carbocycles. The van der Waals surface area contributed by atoms with Crippen molar-refractivity contribution in [3.63, 3.8) is 0 Å². The molecule has 0 N–H and O–H groups in total. The van der Waals surface area contributed by atoms with Gasteiger partial charge in [0.05, 0.1) is 5.41 Å². The van der Waals surface area contributed by atoms with Gasteiger partial charge in [-0.05, 0) is 49.8 Å². The number of hydrogen-bond acceptors (Lipinski definition) is 4. The van der Waals surface area contributed by atoms with Gasteiger partial charge in [-0.25, -0.2) is 4.39 Å². The summed E-state index contributed by atoms with van der Waals surface area (Å²) in [4.78, 5) is 6.79. The highest BCUT2D eigenvalue weighted by Gasteiger charge is 2.50. The second-order valence-corrected chi connectivity index (χ2v) is 6.04. The smallest absolute Gasteiger partial charge is 0.324 e. The van der Waals surface area contributed by atoms with Crippen LogP contribution in [-0.4, -0.2) is 23.2 Å². The molecule has 2 aliphatic rings. The Morgan fingerprint density at radius 3 is 2.43 bits per heavy atom. The minimum Gasteiger partial charge on any atom is -0.324 e. The normalized spacial score (nSPS) is 20.5. The van der Waals surface area contributed by atoms with E-state index in [2.05, 4.69) is 15.0 Å². The van der Waals surface area contributed by atoms with Crippen LogP contribution in [0.2, 0.25) is 0 Å². The minimum atomic E-state index is -0.211. The fourth-order valence-corrected chi connectivity index (χ4v) is 3.16. The average molecular weight is 287 g/mol. The van der Waals surface area contributed by atoms with Crippen LogP contribution in [-0.2, 0) is 5.41 Å². The summed E-state index contributed by atoms with van der Waals surface area (Å²) in [7, 11) is 0. The highest BCUT2D eigenvalue weighted by Crippen LogP contribution is 2.52. The lowest BCUT2D eigenvalue weighted by molar-refractivity contribution is 0.393. The lowest BCUT2D eigenvalue weighted by Gasteiger charge is -2.23. The van der Waals surface area contributed by atoms with Gasteiger partial charge in [0, 0.05) is 13.1 Å². The number of benzene rings is 1. The minimum absolute atomic E-state index is 0.161. The summed E-state index contributed by atoms with van der Waals surface area (Å²) in [5.74, 6) is 0.534. The van der Waals surface area contributed by atoms with Gasteiger partial charge in [-0.2, -0.15) is 4.98 Å².